The van der Waals surface area contributed by atoms with Gasteiger partial charge in [0.25, 0.3) is 5.91 Å². The number of aryl methyl sites for hydroxylation is 1. The Balaban J connectivity index is 1.77. The van der Waals surface area contributed by atoms with Crippen molar-refractivity contribution in [2.75, 3.05) is 17.7 Å². The maximum absolute atomic E-state index is 13.4. The minimum atomic E-state index is -0.582. The highest BCUT2D eigenvalue weighted by molar-refractivity contribution is 9.10. The van der Waals surface area contributed by atoms with Crippen LogP contribution in [0.25, 0.3) is 0 Å². The van der Waals surface area contributed by atoms with E-state index in [2.05, 4.69) is 21.2 Å². The quantitative estimate of drug-likeness (QED) is 0.572. The van der Waals surface area contributed by atoms with Crippen LogP contribution >= 0.6 is 27.7 Å². The number of hydrogen-bond donors (Lipinski definition) is 1. The Morgan fingerprint density at radius 2 is 2.00 bits per heavy atom. The lowest BCUT2D eigenvalue weighted by atomic mass is 10.2. The normalized spacial score (nSPS) is 10.3. The van der Waals surface area contributed by atoms with Crippen molar-refractivity contribution in [1.29, 1.82) is 0 Å². The average molecular weight is 412 g/mol. The first-order chi connectivity index (χ1) is 11.5. The van der Waals surface area contributed by atoms with Gasteiger partial charge in [0.05, 0.1) is 11.4 Å². The molecule has 0 saturated carbocycles. The van der Waals surface area contributed by atoms with Gasteiger partial charge in [-0.1, -0.05) is 18.2 Å². The van der Waals surface area contributed by atoms with Crippen LogP contribution in [0.2, 0.25) is 0 Å². The van der Waals surface area contributed by atoms with Gasteiger partial charge in [-0.05, 0) is 52.7 Å². The Hall–Kier alpha value is -1.86. The number of carbonyl (C=O) groups is 2. The highest BCUT2D eigenvalue weighted by Crippen LogP contribution is 2.23. The highest BCUT2D eigenvalue weighted by atomic mass is 79.9. The van der Waals surface area contributed by atoms with Crippen LogP contribution in [0.15, 0.2) is 51.8 Å². The lowest BCUT2D eigenvalue weighted by Gasteiger charge is -2.09. The van der Waals surface area contributed by atoms with Crippen LogP contribution in [0.3, 0.4) is 0 Å². The molecule has 0 aromatic heterocycles. The van der Waals surface area contributed by atoms with E-state index in [0.717, 1.165) is 21.8 Å². The van der Waals surface area contributed by atoms with Crippen LogP contribution in [0.1, 0.15) is 5.56 Å². The molecular weight excluding hydrogens is 397 g/mol. The monoisotopic (exact) mass is 411 g/mol. The smallest absolute Gasteiger partial charge is 0.316 e. The van der Waals surface area contributed by atoms with E-state index in [9.17, 15) is 14.0 Å². The van der Waals surface area contributed by atoms with E-state index in [4.69, 9.17) is 4.74 Å². The molecule has 0 radical (unpaired) electrons. The molecule has 4 nitrogen and oxygen atoms in total. The number of rotatable bonds is 6. The van der Waals surface area contributed by atoms with Crippen LogP contribution in [-0.4, -0.2) is 24.2 Å². The number of halogens is 2. The van der Waals surface area contributed by atoms with E-state index in [1.165, 1.54) is 6.07 Å². The summed E-state index contributed by atoms with van der Waals surface area (Å²) in [5, 5.41) is 2.65. The Morgan fingerprint density at radius 3 is 2.71 bits per heavy atom. The van der Waals surface area contributed by atoms with Crippen molar-refractivity contribution in [2.45, 2.75) is 11.8 Å². The van der Waals surface area contributed by atoms with Gasteiger partial charge in [-0.25, -0.2) is 4.39 Å². The lowest BCUT2D eigenvalue weighted by molar-refractivity contribution is -0.144. The second-order valence-electron chi connectivity index (χ2n) is 4.91. The predicted molar refractivity (Wildman–Crippen MR) is 95.6 cm³/mol. The largest absolute Gasteiger partial charge is 0.455 e. The molecule has 0 bridgehead atoms. The third kappa shape index (κ3) is 5.65. The fourth-order valence-corrected chi connectivity index (χ4v) is 3.12. The number of hydrogen-bond acceptors (Lipinski definition) is 4. The molecule has 0 atom stereocenters. The van der Waals surface area contributed by atoms with Gasteiger partial charge in [-0.2, -0.15) is 0 Å². The SMILES string of the molecule is Cc1ccc(NC(=O)COC(=O)CSc2ccccc2F)c(Br)c1. The summed E-state index contributed by atoms with van der Waals surface area (Å²) in [6.07, 6.45) is 0. The van der Waals surface area contributed by atoms with Crippen molar-refractivity contribution >= 4 is 45.3 Å². The van der Waals surface area contributed by atoms with E-state index >= 15 is 0 Å². The number of anilines is 1. The summed E-state index contributed by atoms with van der Waals surface area (Å²) in [6.45, 7) is 1.54. The Bertz CT molecular complexity index is 754. The Morgan fingerprint density at radius 1 is 1.25 bits per heavy atom. The Kier molecular flexibility index (Phi) is 6.81. The Labute approximate surface area is 151 Å². The van der Waals surface area contributed by atoms with E-state index in [0.29, 0.717) is 10.6 Å². The van der Waals surface area contributed by atoms with E-state index in [1.807, 2.05) is 19.1 Å². The van der Waals surface area contributed by atoms with Crippen LogP contribution in [-0.2, 0) is 14.3 Å². The minimum Gasteiger partial charge on any atom is -0.455 e. The first kappa shape index (κ1) is 18.5. The van der Waals surface area contributed by atoms with Crippen LogP contribution in [0, 0.1) is 12.7 Å². The predicted octanol–water partition coefficient (Wildman–Crippen LogP) is 4.17. The summed E-state index contributed by atoms with van der Waals surface area (Å²) >= 11 is 4.38. The molecule has 7 heteroatoms. The molecule has 1 amide bonds. The molecule has 24 heavy (non-hydrogen) atoms. The molecule has 0 heterocycles. The molecule has 0 saturated heterocycles. The number of nitrogens with one attached hydrogen (secondary N) is 1. The zero-order valence-corrected chi connectivity index (χ0v) is 15.2. The van der Waals surface area contributed by atoms with Gasteiger partial charge < -0.3 is 10.1 Å². The van der Waals surface area contributed by atoms with Crippen molar-refractivity contribution in [3.05, 3.63) is 58.3 Å². The number of carbonyl (C=O) groups excluding carboxylic acids is 2. The van der Waals surface area contributed by atoms with Gasteiger partial charge in [0.15, 0.2) is 6.61 Å². The average Bonchev–Trinajstić information content (AvgIpc) is 2.55. The molecule has 0 aliphatic heterocycles. The molecule has 126 valence electrons. The molecule has 0 unspecified atom stereocenters. The molecule has 0 aliphatic rings. The standard InChI is InChI=1S/C17H15BrFNO3S/c1-11-6-7-14(12(18)8-11)20-16(21)9-23-17(22)10-24-15-5-3-2-4-13(15)19/h2-8H,9-10H2,1H3,(H,20,21). The van der Waals surface area contributed by atoms with Gasteiger partial charge in [0, 0.05) is 9.37 Å². The summed E-state index contributed by atoms with van der Waals surface area (Å²) < 4.78 is 19.1. The molecular formula is C17H15BrFNO3S. The lowest BCUT2D eigenvalue weighted by Crippen LogP contribution is -2.21. The summed E-state index contributed by atoms with van der Waals surface area (Å²) in [4.78, 5) is 23.8. The van der Waals surface area contributed by atoms with Crippen molar-refractivity contribution in [3.63, 3.8) is 0 Å². The molecule has 0 fully saturated rings. The maximum Gasteiger partial charge on any atom is 0.316 e. The summed E-state index contributed by atoms with van der Waals surface area (Å²) in [5.74, 6) is -1.48. The second kappa shape index (κ2) is 8.84. The number of benzene rings is 2. The van der Waals surface area contributed by atoms with E-state index in [-0.39, 0.29) is 5.75 Å². The van der Waals surface area contributed by atoms with Gasteiger partial charge in [0.2, 0.25) is 0 Å². The van der Waals surface area contributed by atoms with Crippen LogP contribution in [0.5, 0.6) is 0 Å². The zero-order valence-electron chi connectivity index (χ0n) is 12.8. The molecule has 0 aliphatic carbocycles. The van der Waals surface area contributed by atoms with Gasteiger partial charge >= 0.3 is 5.97 Å². The molecule has 2 aromatic carbocycles. The summed E-state index contributed by atoms with van der Waals surface area (Å²) in [5.41, 5.74) is 1.65. The number of ether oxygens (including phenoxy) is 1. The number of thioether (sulfide) groups is 1. The third-order valence-corrected chi connectivity index (χ3v) is 4.62. The molecule has 1 N–H and O–H groups in total. The topological polar surface area (TPSA) is 55.4 Å². The minimum absolute atomic E-state index is 0.0670. The first-order valence-electron chi connectivity index (χ1n) is 7.04. The fraction of sp³-hybridized carbons (Fsp3) is 0.176. The third-order valence-electron chi connectivity index (χ3n) is 2.95. The van der Waals surface area contributed by atoms with Crippen molar-refractivity contribution < 1.29 is 18.7 Å². The van der Waals surface area contributed by atoms with Crippen LogP contribution < -0.4 is 5.32 Å². The van der Waals surface area contributed by atoms with Gasteiger partial charge in [-0.3, -0.25) is 9.59 Å². The van der Waals surface area contributed by atoms with Crippen molar-refractivity contribution in [2.24, 2.45) is 0 Å². The van der Waals surface area contributed by atoms with Gasteiger partial charge in [0.1, 0.15) is 5.82 Å². The number of amides is 1. The van der Waals surface area contributed by atoms with Crippen molar-refractivity contribution in [3.8, 4) is 0 Å². The number of esters is 1. The first-order valence-corrected chi connectivity index (χ1v) is 8.82. The summed E-state index contributed by atoms with van der Waals surface area (Å²) in [6, 6.07) is 11.6. The second-order valence-corrected chi connectivity index (χ2v) is 6.78. The van der Waals surface area contributed by atoms with Crippen LogP contribution in [0.4, 0.5) is 10.1 Å². The summed E-state index contributed by atoms with van der Waals surface area (Å²) in [7, 11) is 0. The maximum atomic E-state index is 13.4. The zero-order chi connectivity index (χ0) is 17.5. The molecule has 2 aromatic rings. The highest BCUT2D eigenvalue weighted by Gasteiger charge is 2.11. The fourth-order valence-electron chi connectivity index (χ4n) is 1.79. The molecule has 0 spiro atoms. The molecule has 2 rings (SSSR count). The van der Waals surface area contributed by atoms with Gasteiger partial charge in [-0.15, -0.1) is 11.8 Å². The van der Waals surface area contributed by atoms with E-state index < -0.39 is 24.3 Å². The van der Waals surface area contributed by atoms with E-state index in [1.54, 1.807) is 24.3 Å². The van der Waals surface area contributed by atoms with Crippen molar-refractivity contribution in [1.82, 2.24) is 0 Å².